The average Bonchev–Trinajstić information content (AvgIpc) is 3.26. The highest BCUT2D eigenvalue weighted by molar-refractivity contribution is 7.90. The van der Waals surface area contributed by atoms with Crippen LogP contribution in [-0.4, -0.2) is 34.6 Å². The van der Waals surface area contributed by atoms with Crippen LogP contribution in [0.5, 0.6) is 0 Å². The van der Waals surface area contributed by atoms with Crippen molar-refractivity contribution in [3.8, 4) is 0 Å². The molecule has 8 heteroatoms. The second-order valence-electron chi connectivity index (χ2n) is 8.39. The maximum atomic E-state index is 12.8. The number of carbonyl (C=O) groups is 1. The monoisotopic (exact) mass is 380 g/mol. The van der Waals surface area contributed by atoms with Crippen molar-refractivity contribution in [2.45, 2.75) is 76.5 Å². The molecule has 1 unspecified atom stereocenters. The number of sulfonamides is 1. The van der Waals surface area contributed by atoms with E-state index in [1.165, 1.54) is 25.7 Å². The van der Waals surface area contributed by atoms with E-state index in [0.29, 0.717) is 24.0 Å². The Morgan fingerprint density at radius 3 is 2.46 bits per heavy atom. The highest BCUT2D eigenvalue weighted by Crippen LogP contribution is 2.43. The minimum absolute atomic E-state index is 0.132. The van der Waals surface area contributed by atoms with Crippen LogP contribution in [0.2, 0.25) is 0 Å². The summed E-state index contributed by atoms with van der Waals surface area (Å²) in [5.74, 6) is 0.615. The van der Waals surface area contributed by atoms with Crippen LogP contribution >= 0.6 is 0 Å². The molecule has 1 aromatic rings. The normalized spacial score (nSPS) is 29.2. The number of fused-ring (bicyclic) bond motifs is 3. The van der Waals surface area contributed by atoms with Crippen LogP contribution in [0, 0.1) is 24.7 Å². The van der Waals surface area contributed by atoms with Gasteiger partial charge in [0, 0.05) is 6.54 Å². The number of nitrogens with one attached hydrogen (secondary N) is 1. The van der Waals surface area contributed by atoms with E-state index in [1.54, 1.807) is 11.6 Å². The number of amides is 1. The first kappa shape index (κ1) is 17.9. The van der Waals surface area contributed by atoms with E-state index in [0.717, 1.165) is 32.2 Å². The summed E-state index contributed by atoms with van der Waals surface area (Å²) in [5.41, 5.74) is 0.780. The lowest BCUT2D eigenvalue weighted by Gasteiger charge is -2.41. The van der Waals surface area contributed by atoms with Crippen molar-refractivity contribution in [3.05, 3.63) is 11.4 Å². The molecular weight excluding hydrogens is 352 g/mol. The summed E-state index contributed by atoms with van der Waals surface area (Å²) in [4.78, 5) is 12.6. The minimum atomic E-state index is -3.67. The van der Waals surface area contributed by atoms with Gasteiger partial charge in [0.25, 0.3) is 5.91 Å². The summed E-state index contributed by atoms with van der Waals surface area (Å²) in [6.07, 6.45) is 9.70. The van der Waals surface area contributed by atoms with Crippen molar-refractivity contribution < 1.29 is 13.2 Å². The topological polar surface area (TPSA) is 93.9 Å². The van der Waals surface area contributed by atoms with Crippen molar-refractivity contribution in [2.24, 2.45) is 17.8 Å². The highest BCUT2D eigenvalue weighted by Gasteiger charge is 2.43. The molecule has 4 fully saturated rings. The van der Waals surface area contributed by atoms with Gasteiger partial charge in [0.2, 0.25) is 10.0 Å². The molecule has 1 heterocycles. The summed E-state index contributed by atoms with van der Waals surface area (Å²) in [5, 5.41) is 7.63. The molecule has 1 N–H and O–H groups in total. The molecule has 0 aromatic carbocycles. The molecule has 4 aliphatic carbocycles. The van der Waals surface area contributed by atoms with Gasteiger partial charge < -0.3 is 0 Å². The standard InChI is InChI=1S/C18H28N4O3S/c1-12-17(19-21-22(12)11-14-4-2-3-5-14)18(23)20-26(24,25)16-10-13-6-8-15(16)9-7-13/h13-16H,2-11H2,1H3,(H,20,23). The van der Waals surface area contributed by atoms with Crippen LogP contribution in [0.25, 0.3) is 0 Å². The smallest absolute Gasteiger partial charge is 0.266 e. The lowest BCUT2D eigenvalue weighted by atomic mass is 9.70. The van der Waals surface area contributed by atoms with Crippen LogP contribution < -0.4 is 4.72 Å². The third-order valence-electron chi connectivity index (χ3n) is 6.72. The van der Waals surface area contributed by atoms with Crippen LogP contribution in [0.1, 0.15) is 74.0 Å². The molecule has 0 aliphatic heterocycles. The highest BCUT2D eigenvalue weighted by atomic mass is 32.2. The number of nitrogens with zero attached hydrogens (tertiary/aromatic N) is 3. The summed E-state index contributed by atoms with van der Waals surface area (Å²) in [6.45, 7) is 2.55. The Morgan fingerprint density at radius 2 is 1.85 bits per heavy atom. The summed E-state index contributed by atoms with van der Waals surface area (Å²) in [6, 6.07) is 0. The predicted molar refractivity (Wildman–Crippen MR) is 97.0 cm³/mol. The van der Waals surface area contributed by atoms with Gasteiger partial charge >= 0.3 is 0 Å². The fraction of sp³-hybridized carbons (Fsp3) is 0.833. The predicted octanol–water partition coefficient (Wildman–Crippen LogP) is 2.42. The number of hydrogen-bond acceptors (Lipinski definition) is 5. The van der Waals surface area contributed by atoms with Gasteiger partial charge in [-0.05, 0) is 56.8 Å². The van der Waals surface area contributed by atoms with Gasteiger partial charge in [0.05, 0.1) is 10.9 Å². The molecule has 0 saturated heterocycles. The van der Waals surface area contributed by atoms with Crippen molar-refractivity contribution in [3.63, 3.8) is 0 Å². The molecule has 0 radical (unpaired) electrons. The molecule has 4 aliphatic rings. The molecule has 0 spiro atoms. The van der Waals surface area contributed by atoms with Gasteiger partial charge in [-0.2, -0.15) is 0 Å². The summed E-state index contributed by atoms with van der Waals surface area (Å²) < 4.78 is 29.6. The summed E-state index contributed by atoms with van der Waals surface area (Å²) in [7, 11) is -3.67. The Morgan fingerprint density at radius 1 is 1.15 bits per heavy atom. The van der Waals surface area contributed by atoms with Crippen LogP contribution in [0.15, 0.2) is 0 Å². The third-order valence-corrected chi connectivity index (χ3v) is 8.56. The molecule has 1 aromatic heterocycles. The summed E-state index contributed by atoms with van der Waals surface area (Å²) >= 11 is 0. The van der Waals surface area contributed by atoms with E-state index in [-0.39, 0.29) is 11.6 Å². The molecule has 1 atom stereocenters. The van der Waals surface area contributed by atoms with Gasteiger partial charge in [-0.15, -0.1) is 5.10 Å². The Balaban J connectivity index is 1.45. The molecule has 7 nitrogen and oxygen atoms in total. The van der Waals surface area contributed by atoms with Gasteiger partial charge in [-0.25, -0.2) is 17.8 Å². The zero-order valence-electron chi connectivity index (χ0n) is 15.4. The van der Waals surface area contributed by atoms with Crippen molar-refractivity contribution in [2.75, 3.05) is 0 Å². The van der Waals surface area contributed by atoms with Crippen LogP contribution in [-0.2, 0) is 16.6 Å². The first-order valence-corrected chi connectivity index (χ1v) is 11.4. The average molecular weight is 381 g/mol. The number of hydrogen-bond donors (Lipinski definition) is 1. The Hall–Kier alpha value is -1.44. The van der Waals surface area contributed by atoms with Crippen molar-refractivity contribution in [1.82, 2.24) is 19.7 Å². The maximum absolute atomic E-state index is 12.8. The zero-order valence-corrected chi connectivity index (χ0v) is 16.2. The first-order chi connectivity index (χ1) is 12.4. The maximum Gasteiger partial charge on any atom is 0.287 e. The first-order valence-electron chi connectivity index (χ1n) is 9.90. The van der Waals surface area contributed by atoms with Crippen molar-refractivity contribution >= 4 is 15.9 Å². The van der Waals surface area contributed by atoms with Gasteiger partial charge in [-0.1, -0.05) is 30.9 Å². The Kier molecular flexibility index (Phi) is 4.79. The Bertz CT molecular complexity index is 774. The third kappa shape index (κ3) is 3.40. The number of rotatable bonds is 5. The molecule has 26 heavy (non-hydrogen) atoms. The fourth-order valence-electron chi connectivity index (χ4n) is 5.13. The second-order valence-corrected chi connectivity index (χ2v) is 10.3. The largest absolute Gasteiger partial charge is 0.287 e. The Labute approximate surface area is 155 Å². The zero-order chi connectivity index (χ0) is 18.3. The van der Waals surface area contributed by atoms with Gasteiger partial charge in [-0.3, -0.25) is 4.79 Å². The molecule has 5 rings (SSSR count). The molecule has 1 amide bonds. The van der Waals surface area contributed by atoms with E-state index in [2.05, 4.69) is 15.0 Å². The SMILES string of the molecule is Cc1c(C(=O)NS(=O)(=O)C2CC3CCC2CC3)nnn1CC1CCCC1. The minimum Gasteiger partial charge on any atom is -0.266 e. The van der Waals surface area contributed by atoms with Gasteiger partial charge in [0.1, 0.15) is 0 Å². The van der Waals surface area contributed by atoms with E-state index in [4.69, 9.17) is 0 Å². The lowest BCUT2D eigenvalue weighted by molar-refractivity contribution is 0.0973. The van der Waals surface area contributed by atoms with Crippen LogP contribution in [0.3, 0.4) is 0 Å². The van der Waals surface area contributed by atoms with E-state index in [9.17, 15) is 13.2 Å². The van der Waals surface area contributed by atoms with E-state index in [1.807, 2.05) is 0 Å². The number of aromatic nitrogens is 3. The molecule has 4 saturated carbocycles. The molecular formula is C18H28N4O3S. The van der Waals surface area contributed by atoms with Crippen molar-refractivity contribution in [1.29, 1.82) is 0 Å². The number of carbonyl (C=O) groups excluding carboxylic acids is 1. The van der Waals surface area contributed by atoms with Gasteiger partial charge in [0.15, 0.2) is 5.69 Å². The molecule has 144 valence electrons. The fourth-order valence-corrected chi connectivity index (χ4v) is 6.94. The van der Waals surface area contributed by atoms with E-state index >= 15 is 0 Å². The lowest BCUT2D eigenvalue weighted by Crippen LogP contribution is -2.47. The van der Waals surface area contributed by atoms with Crippen LogP contribution in [0.4, 0.5) is 0 Å². The second kappa shape index (κ2) is 6.94. The molecule has 2 bridgehead atoms. The quantitative estimate of drug-likeness (QED) is 0.846. The van der Waals surface area contributed by atoms with E-state index < -0.39 is 21.2 Å².